The molecular weight excluding hydrogens is 252 g/mol. The Bertz CT molecular complexity index is 403. The van der Waals surface area contributed by atoms with E-state index in [1.807, 2.05) is 24.0 Å². The van der Waals surface area contributed by atoms with Crippen molar-refractivity contribution >= 4 is 11.6 Å². The van der Waals surface area contributed by atoms with Gasteiger partial charge in [0.15, 0.2) is 0 Å². The topological polar surface area (TPSA) is 52.6 Å². The monoisotopic (exact) mass is 278 g/mol. The van der Waals surface area contributed by atoms with E-state index in [4.69, 9.17) is 5.11 Å². The van der Waals surface area contributed by atoms with Crippen LogP contribution < -0.4 is 5.32 Å². The molecule has 0 saturated heterocycles. The highest BCUT2D eigenvalue weighted by molar-refractivity contribution is 5.92. The standard InChI is InChI=1S/C16H26N2O2/c1-4-13(3)14-6-8-15(9-7-14)17-16(20)12-18(5-2)10-11-19/h6-9,13,19H,4-5,10-12H2,1-3H3,(H,17,20). The number of nitrogens with one attached hydrogen (secondary N) is 1. The highest BCUT2D eigenvalue weighted by atomic mass is 16.3. The van der Waals surface area contributed by atoms with Gasteiger partial charge in [0.25, 0.3) is 0 Å². The molecule has 1 aromatic carbocycles. The van der Waals surface area contributed by atoms with Gasteiger partial charge in [0, 0.05) is 12.2 Å². The van der Waals surface area contributed by atoms with Gasteiger partial charge in [-0.15, -0.1) is 0 Å². The Kier molecular flexibility index (Phi) is 7.26. The van der Waals surface area contributed by atoms with E-state index in [2.05, 4.69) is 31.3 Å². The van der Waals surface area contributed by atoms with E-state index < -0.39 is 0 Å². The fourth-order valence-corrected chi connectivity index (χ4v) is 2.02. The van der Waals surface area contributed by atoms with E-state index in [9.17, 15) is 4.79 Å². The number of carbonyl (C=O) groups is 1. The molecule has 0 aliphatic rings. The van der Waals surface area contributed by atoms with Crippen molar-refractivity contribution in [1.29, 1.82) is 0 Å². The van der Waals surface area contributed by atoms with Gasteiger partial charge >= 0.3 is 0 Å². The lowest BCUT2D eigenvalue weighted by Gasteiger charge is -2.18. The number of anilines is 1. The molecule has 0 radical (unpaired) electrons. The van der Waals surface area contributed by atoms with Gasteiger partial charge in [-0.2, -0.15) is 0 Å². The second kappa shape index (κ2) is 8.72. The maximum Gasteiger partial charge on any atom is 0.238 e. The fourth-order valence-electron chi connectivity index (χ4n) is 2.02. The summed E-state index contributed by atoms with van der Waals surface area (Å²) in [6.45, 7) is 8.00. The van der Waals surface area contributed by atoms with Gasteiger partial charge in [-0.05, 0) is 36.6 Å². The van der Waals surface area contributed by atoms with Crippen LogP contribution in [0.3, 0.4) is 0 Å². The number of hydrogen-bond donors (Lipinski definition) is 2. The van der Waals surface area contributed by atoms with Crippen molar-refractivity contribution in [3.05, 3.63) is 29.8 Å². The number of likely N-dealkylation sites (N-methyl/N-ethyl adjacent to an activating group) is 1. The van der Waals surface area contributed by atoms with Crippen molar-refractivity contribution in [2.24, 2.45) is 0 Å². The number of hydrogen-bond acceptors (Lipinski definition) is 3. The molecule has 0 aromatic heterocycles. The zero-order valence-electron chi connectivity index (χ0n) is 12.7. The molecule has 2 N–H and O–H groups in total. The molecule has 1 amide bonds. The highest BCUT2D eigenvalue weighted by Crippen LogP contribution is 2.20. The largest absolute Gasteiger partial charge is 0.395 e. The minimum atomic E-state index is -0.0448. The number of nitrogens with zero attached hydrogens (tertiary/aromatic N) is 1. The Morgan fingerprint density at radius 1 is 1.30 bits per heavy atom. The molecule has 1 aromatic rings. The number of amides is 1. The quantitative estimate of drug-likeness (QED) is 0.768. The Hall–Kier alpha value is -1.39. The third kappa shape index (κ3) is 5.31. The summed E-state index contributed by atoms with van der Waals surface area (Å²) in [6.07, 6.45) is 1.11. The van der Waals surface area contributed by atoms with Crippen LogP contribution in [0.15, 0.2) is 24.3 Å². The summed E-state index contributed by atoms with van der Waals surface area (Å²) in [5.41, 5.74) is 2.11. The summed E-state index contributed by atoms with van der Waals surface area (Å²) in [7, 11) is 0. The molecule has 20 heavy (non-hydrogen) atoms. The summed E-state index contributed by atoms with van der Waals surface area (Å²) in [5.74, 6) is 0.497. The predicted octanol–water partition coefficient (Wildman–Crippen LogP) is 2.45. The van der Waals surface area contributed by atoms with E-state index >= 15 is 0 Å². The third-order valence-corrected chi connectivity index (χ3v) is 3.61. The van der Waals surface area contributed by atoms with Crippen LogP contribution in [0.2, 0.25) is 0 Å². The van der Waals surface area contributed by atoms with E-state index in [1.165, 1.54) is 5.56 Å². The molecule has 112 valence electrons. The van der Waals surface area contributed by atoms with Crippen LogP contribution >= 0.6 is 0 Å². The van der Waals surface area contributed by atoms with Crippen LogP contribution in [0.25, 0.3) is 0 Å². The first-order chi connectivity index (χ1) is 9.60. The third-order valence-electron chi connectivity index (χ3n) is 3.61. The molecule has 1 unspecified atom stereocenters. The predicted molar refractivity (Wildman–Crippen MR) is 83.0 cm³/mol. The molecule has 1 rings (SSSR count). The average Bonchev–Trinajstić information content (AvgIpc) is 2.46. The van der Waals surface area contributed by atoms with Gasteiger partial charge in [-0.1, -0.05) is 32.9 Å². The molecule has 1 atom stereocenters. The Morgan fingerprint density at radius 3 is 2.45 bits per heavy atom. The molecule has 4 nitrogen and oxygen atoms in total. The SMILES string of the molecule is CCC(C)c1ccc(NC(=O)CN(CC)CCO)cc1. The van der Waals surface area contributed by atoms with E-state index in [1.54, 1.807) is 0 Å². The lowest BCUT2D eigenvalue weighted by molar-refractivity contribution is -0.117. The first-order valence-electron chi connectivity index (χ1n) is 7.33. The van der Waals surface area contributed by atoms with Crippen molar-refractivity contribution in [3.63, 3.8) is 0 Å². The van der Waals surface area contributed by atoms with Crippen LogP contribution in [0, 0.1) is 0 Å². The maximum atomic E-state index is 11.9. The lowest BCUT2D eigenvalue weighted by atomic mass is 9.99. The first-order valence-corrected chi connectivity index (χ1v) is 7.33. The van der Waals surface area contributed by atoms with Gasteiger partial charge < -0.3 is 10.4 Å². The summed E-state index contributed by atoms with van der Waals surface area (Å²) in [4.78, 5) is 13.8. The number of aliphatic hydroxyl groups is 1. The smallest absolute Gasteiger partial charge is 0.238 e. The molecular formula is C16H26N2O2. The molecule has 0 saturated carbocycles. The summed E-state index contributed by atoms with van der Waals surface area (Å²) < 4.78 is 0. The number of benzene rings is 1. The van der Waals surface area contributed by atoms with Gasteiger partial charge in [0.2, 0.25) is 5.91 Å². The first kappa shape index (κ1) is 16.7. The van der Waals surface area contributed by atoms with Gasteiger partial charge in [-0.3, -0.25) is 9.69 Å². The van der Waals surface area contributed by atoms with Crippen molar-refractivity contribution in [1.82, 2.24) is 4.90 Å². The van der Waals surface area contributed by atoms with E-state index in [0.717, 1.165) is 18.7 Å². The minimum absolute atomic E-state index is 0.0448. The summed E-state index contributed by atoms with van der Waals surface area (Å²) in [5, 5.41) is 11.8. The highest BCUT2D eigenvalue weighted by Gasteiger charge is 2.09. The molecule has 0 bridgehead atoms. The second-order valence-corrected chi connectivity index (χ2v) is 5.07. The van der Waals surface area contributed by atoms with Crippen LogP contribution in [0.5, 0.6) is 0 Å². The van der Waals surface area contributed by atoms with Gasteiger partial charge in [0.05, 0.1) is 13.2 Å². The number of rotatable bonds is 8. The normalized spacial score (nSPS) is 12.4. The Morgan fingerprint density at radius 2 is 1.95 bits per heavy atom. The fraction of sp³-hybridized carbons (Fsp3) is 0.562. The molecule has 0 fully saturated rings. The Labute approximate surface area is 121 Å². The van der Waals surface area contributed by atoms with Crippen molar-refractivity contribution in [2.75, 3.05) is 31.6 Å². The molecule has 0 aliphatic heterocycles. The Balaban J connectivity index is 2.53. The maximum absolute atomic E-state index is 11.9. The molecule has 4 heteroatoms. The number of carbonyl (C=O) groups excluding carboxylic acids is 1. The van der Waals surface area contributed by atoms with Crippen LogP contribution in [0.4, 0.5) is 5.69 Å². The van der Waals surface area contributed by atoms with Crippen LogP contribution in [-0.2, 0) is 4.79 Å². The zero-order chi connectivity index (χ0) is 15.0. The minimum Gasteiger partial charge on any atom is -0.395 e. The molecule has 0 spiro atoms. The van der Waals surface area contributed by atoms with Gasteiger partial charge in [0.1, 0.15) is 0 Å². The molecule has 0 heterocycles. The van der Waals surface area contributed by atoms with Crippen molar-refractivity contribution < 1.29 is 9.90 Å². The average molecular weight is 278 g/mol. The van der Waals surface area contributed by atoms with Crippen LogP contribution in [0.1, 0.15) is 38.7 Å². The second-order valence-electron chi connectivity index (χ2n) is 5.07. The van der Waals surface area contributed by atoms with E-state index in [-0.39, 0.29) is 12.5 Å². The summed E-state index contributed by atoms with van der Waals surface area (Å²) >= 11 is 0. The summed E-state index contributed by atoms with van der Waals surface area (Å²) in [6, 6.07) is 8.02. The van der Waals surface area contributed by atoms with E-state index in [0.29, 0.717) is 19.0 Å². The number of aliphatic hydroxyl groups excluding tert-OH is 1. The zero-order valence-corrected chi connectivity index (χ0v) is 12.7. The van der Waals surface area contributed by atoms with Gasteiger partial charge in [-0.25, -0.2) is 0 Å². The van der Waals surface area contributed by atoms with Crippen molar-refractivity contribution in [2.45, 2.75) is 33.1 Å². The van der Waals surface area contributed by atoms with Crippen LogP contribution in [-0.4, -0.2) is 42.2 Å². The van der Waals surface area contributed by atoms with Crippen molar-refractivity contribution in [3.8, 4) is 0 Å². The lowest BCUT2D eigenvalue weighted by Crippen LogP contribution is -2.35. The molecule has 0 aliphatic carbocycles.